The van der Waals surface area contributed by atoms with Gasteiger partial charge in [0.05, 0.1) is 0 Å². The average Bonchev–Trinajstić information content (AvgIpc) is 2.40. The van der Waals surface area contributed by atoms with Gasteiger partial charge >= 0.3 is 17.1 Å². The van der Waals surface area contributed by atoms with Crippen LogP contribution >= 0.6 is 0 Å². The molecule has 0 aliphatic rings. The highest BCUT2D eigenvalue weighted by molar-refractivity contribution is 6.96. The molecule has 0 unspecified atom stereocenters. The van der Waals surface area contributed by atoms with Crippen molar-refractivity contribution in [2.75, 3.05) is 0 Å². The summed E-state index contributed by atoms with van der Waals surface area (Å²) in [5.41, 5.74) is 0.991. The lowest BCUT2D eigenvalue weighted by atomic mass is 10.2. The molecule has 0 aliphatic heterocycles. The minimum Gasteiger partial charge on any atom is -0.433 e. The van der Waals surface area contributed by atoms with E-state index in [4.69, 9.17) is 16.5 Å². The van der Waals surface area contributed by atoms with Crippen molar-refractivity contribution < 1.29 is 20.9 Å². The predicted octanol–water partition coefficient (Wildman–Crippen LogP) is 6.10. The van der Waals surface area contributed by atoms with Gasteiger partial charge in [0, 0.05) is 10.4 Å². The van der Waals surface area contributed by atoms with E-state index in [9.17, 15) is 0 Å². The Kier molecular flexibility index (Phi) is 9.23. The van der Waals surface area contributed by atoms with Gasteiger partial charge in [-0.2, -0.15) is 0 Å². The smallest absolute Gasteiger partial charge is 0.351 e. The molecule has 0 spiro atoms. The fraction of sp³-hybridized carbons (Fsp3) is 0.714. The first-order chi connectivity index (χ1) is 13.9. The molecular formula is C21H47FO4Si6. The van der Waals surface area contributed by atoms with Crippen LogP contribution in [0.3, 0.4) is 0 Å². The Morgan fingerprint density at radius 1 is 0.500 bits per heavy atom. The van der Waals surface area contributed by atoms with Gasteiger partial charge in [-0.15, -0.1) is 0 Å². The molecule has 0 saturated carbocycles. The van der Waals surface area contributed by atoms with Gasteiger partial charge in [-0.05, 0) is 98.6 Å². The molecule has 0 bridgehead atoms. The van der Waals surface area contributed by atoms with E-state index in [0.717, 1.165) is 5.56 Å². The molecule has 0 heterocycles. The molecule has 4 nitrogen and oxygen atoms in total. The largest absolute Gasteiger partial charge is 0.433 e. The summed E-state index contributed by atoms with van der Waals surface area (Å²) >= 11 is 0. The van der Waals surface area contributed by atoms with Crippen LogP contribution in [0.5, 0.6) is 0 Å². The molecule has 0 aliphatic carbocycles. The molecule has 0 saturated heterocycles. The van der Waals surface area contributed by atoms with E-state index >= 15 is 4.39 Å². The molecule has 1 rings (SSSR count). The number of aryl methyl sites for hydroxylation is 1. The van der Waals surface area contributed by atoms with Crippen LogP contribution in [0.15, 0.2) is 12.1 Å². The van der Waals surface area contributed by atoms with Crippen LogP contribution in [-0.4, -0.2) is 50.4 Å². The Balaban J connectivity index is 3.86. The zero-order chi connectivity index (χ0) is 25.6. The monoisotopic (exact) mass is 550 g/mol. The third-order valence-corrected chi connectivity index (χ3v) is 22.9. The number of rotatable bonds is 10. The van der Waals surface area contributed by atoms with Crippen LogP contribution in [0.4, 0.5) is 4.39 Å². The summed E-state index contributed by atoms with van der Waals surface area (Å²) in [6.07, 6.45) is 0. The zero-order valence-electron chi connectivity index (χ0n) is 23.2. The molecule has 0 fully saturated rings. The minimum absolute atomic E-state index is 0.244. The van der Waals surface area contributed by atoms with Crippen molar-refractivity contribution >= 4 is 60.8 Å². The summed E-state index contributed by atoms with van der Waals surface area (Å²) in [7, 11) is -14.0. The highest BCUT2D eigenvalue weighted by Gasteiger charge is 2.49. The highest BCUT2D eigenvalue weighted by Crippen LogP contribution is 2.25. The quantitative estimate of drug-likeness (QED) is 0.330. The van der Waals surface area contributed by atoms with Crippen LogP contribution in [0, 0.1) is 12.7 Å². The topological polar surface area (TPSA) is 36.9 Å². The van der Waals surface area contributed by atoms with Gasteiger partial charge in [0.2, 0.25) is 0 Å². The van der Waals surface area contributed by atoms with Crippen molar-refractivity contribution in [1.29, 1.82) is 0 Å². The predicted molar refractivity (Wildman–Crippen MR) is 151 cm³/mol. The molecule has 0 aromatic heterocycles. The maximum atomic E-state index is 16.6. The van der Waals surface area contributed by atoms with E-state index in [0.29, 0.717) is 10.4 Å². The summed E-state index contributed by atoms with van der Waals surface area (Å²) in [5, 5.41) is 1.18. The Morgan fingerprint density at radius 2 is 0.719 bits per heavy atom. The molecule has 0 atom stereocenters. The van der Waals surface area contributed by atoms with E-state index in [1.54, 1.807) is 0 Å². The second-order valence-electron chi connectivity index (χ2n) is 12.9. The van der Waals surface area contributed by atoms with Gasteiger partial charge < -0.3 is 16.5 Å². The Labute approximate surface area is 203 Å². The minimum atomic E-state index is -3.02. The molecule has 186 valence electrons. The lowest BCUT2D eigenvalue weighted by Gasteiger charge is -2.41. The van der Waals surface area contributed by atoms with Crippen molar-refractivity contribution in [2.45, 2.75) is 98.6 Å². The molecule has 0 amide bonds. The first kappa shape index (κ1) is 30.3. The normalized spacial score (nSPS) is 14.8. The van der Waals surface area contributed by atoms with Crippen molar-refractivity contribution in [2.24, 2.45) is 0 Å². The van der Waals surface area contributed by atoms with Crippen molar-refractivity contribution in [3.8, 4) is 0 Å². The summed E-state index contributed by atoms with van der Waals surface area (Å²) < 4.78 is 43.3. The fourth-order valence-electron chi connectivity index (χ4n) is 4.03. The Hall–Kier alpha value is 0.291. The van der Waals surface area contributed by atoms with Crippen LogP contribution in [0.25, 0.3) is 0 Å². The van der Waals surface area contributed by atoms with Gasteiger partial charge in [-0.25, -0.2) is 4.39 Å². The molecule has 0 N–H and O–H groups in total. The van der Waals surface area contributed by atoms with E-state index in [-0.39, 0.29) is 5.82 Å². The molecule has 1 aromatic carbocycles. The third kappa shape index (κ3) is 9.50. The van der Waals surface area contributed by atoms with Gasteiger partial charge in [-0.1, -0.05) is 17.7 Å². The second-order valence-corrected chi connectivity index (χ2v) is 37.9. The molecule has 1 aromatic rings. The van der Waals surface area contributed by atoms with Crippen LogP contribution in [-0.2, 0) is 16.5 Å². The van der Waals surface area contributed by atoms with E-state index < -0.39 is 50.4 Å². The van der Waals surface area contributed by atoms with Gasteiger partial charge in [0.25, 0.3) is 0 Å². The number of halogens is 1. The Morgan fingerprint density at radius 3 is 0.906 bits per heavy atom. The standard InChI is InChI=1S/C21H47FO4Si6/c1-18-16-19(31(14,23-27(2,3)4)24-28(5,6)7)21(22)20(17-18)32(15,25-29(8,9)10)26-30(11,12)13/h16-17H,1-15H3. The molecule has 0 radical (unpaired) electrons. The van der Waals surface area contributed by atoms with E-state index in [1.165, 1.54) is 0 Å². The first-order valence-electron chi connectivity index (χ1n) is 11.5. The zero-order valence-corrected chi connectivity index (χ0v) is 29.2. The summed E-state index contributed by atoms with van der Waals surface area (Å²) in [4.78, 5) is 0. The van der Waals surface area contributed by atoms with Crippen LogP contribution in [0.2, 0.25) is 91.7 Å². The van der Waals surface area contributed by atoms with Gasteiger partial charge in [0.15, 0.2) is 33.3 Å². The summed E-state index contributed by atoms with van der Waals surface area (Å²) in [5.74, 6) is -0.244. The maximum Gasteiger partial charge on any atom is 0.351 e. The lowest BCUT2D eigenvalue weighted by molar-refractivity contribution is 0.399. The molecule has 32 heavy (non-hydrogen) atoms. The average molecular weight is 551 g/mol. The lowest BCUT2D eigenvalue weighted by Crippen LogP contribution is -2.65. The second kappa shape index (κ2) is 9.74. The van der Waals surface area contributed by atoms with Crippen LogP contribution < -0.4 is 10.4 Å². The molecular weight excluding hydrogens is 504 g/mol. The van der Waals surface area contributed by atoms with Crippen molar-refractivity contribution in [1.82, 2.24) is 0 Å². The fourth-order valence-corrected chi connectivity index (χ4v) is 27.7. The van der Waals surface area contributed by atoms with E-state index in [2.05, 4.69) is 78.6 Å². The van der Waals surface area contributed by atoms with E-state index in [1.807, 2.05) is 32.2 Å². The van der Waals surface area contributed by atoms with Gasteiger partial charge in [0.1, 0.15) is 5.82 Å². The van der Waals surface area contributed by atoms with Crippen molar-refractivity contribution in [3.63, 3.8) is 0 Å². The third-order valence-electron chi connectivity index (χ3n) is 4.20. The maximum absolute atomic E-state index is 16.6. The molecule has 11 heteroatoms. The van der Waals surface area contributed by atoms with Crippen LogP contribution in [0.1, 0.15) is 5.56 Å². The number of benzene rings is 1. The van der Waals surface area contributed by atoms with Gasteiger partial charge in [-0.3, -0.25) is 0 Å². The summed E-state index contributed by atoms with van der Waals surface area (Å²) in [6.45, 7) is 31.7. The summed E-state index contributed by atoms with van der Waals surface area (Å²) in [6, 6.07) is 3.87. The van der Waals surface area contributed by atoms with Crippen molar-refractivity contribution in [3.05, 3.63) is 23.5 Å². The SMILES string of the molecule is Cc1cc([Si](C)(O[Si](C)(C)C)O[Si](C)(C)C)c(F)c([Si](C)(O[Si](C)(C)C)O[Si](C)(C)C)c1. The number of hydrogen-bond acceptors (Lipinski definition) is 4. The number of hydrogen-bond donors (Lipinski definition) is 0. The highest BCUT2D eigenvalue weighted by atomic mass is 28.5. The Bertz CT molecular complexity index is 711. The first-order valence-corrected chi connectivity index (χ1v) is 29.7.